The molecule has 0 saturated carbocycles. The smallest absolute Gasteiger partial charge is 0.262 e. The summed E-state index contributed by atoms with van der Waals surface area (Å²) in [5.41, 5.74) is 3.49. The fraction of sp³-hybridized carbons (Fsp3) is 0.391. The highest BCUT2D eigenvalue weighted by Crippen LogP contribution is 2.16. The number of amides is 2. The number of likely N-dealkylation sites (N-methyl/N-ethyl adjacent to an activating group) is 1. The minimum Gasteiger partial charge on any atom is -0.484 e. The molecule has 2 aromatic carbocycles. The first-order chi connectivity index (χ1) is 13.9. The van der Waals surface area contributed by atoms with E-state index < -0.39 is 0 Å². The summed E-state index contributed by atoms with van der Waals surface area (Å²) in [5.74, 6) is 0.299. The zero-order chi connectivity index (χ0) is 21.2. The summed E-state index contributed by atoms with van der Waals surface area (Å²) < 4.78 is 5.54. The number of carbonyl (C=O) groups excluding carboxylic acids is 2. The monoisotopic (exact) mass is 397 g/mol. The quantitative estimate of drug-likeness (QED) is 0.645. The summed E-state index contributed by atoms with van der Waals surface area (Å²) in [6.07, 6.45) is 0. The van der Waals surface area contributed by atoms with Crippen molar-refractivity contribution in [3.8, 4) is 5.75 Å². The number of aryl methyl sites for hydroxylation is 2. The molecule has 2 N–H and O–H groups in total. The minimum atomic E-state index is -0.250. The molecule has 2 aromatic rings. The van der Waals surface area contributed by atoms with Crippen molar-refractivity contribution in [2.75, 3.05) is 38.1 Å². The lowest BCUT2D eigenvalue weighted by Gasteiger charge is -2.18. The van der Waals surface area contributed by atoms with Gasteiger partial charge in [0.1, 0.15) is 5.75 Å². The highest BCUT2D eigenvalue weighted by molar-refractivity contribution is 5.96. The number of anilines is 1. The van der Waals surface area contributed by atoms with Crippen molar-refractivity contribution in [1.29, 1.82) is 0 Å². The van der Waals surface area contributed by atoms with Crippen molar-refractivity contribution >= 4 is 17.5 Å². The molecule has 0 fully saturated rings. The van der Waals surface area contributed by atoms with E-state index in [1.54, 1.807) is 24.3 Å². The molecule has 0 atom stereocenters. The fourth-order valence-corrected chi connectivity index (χ4v) is 2.82. The third-order valence-electron chi connectivity index (χ3n) is 4.89. The van der Waals surface area contributed by atoms with E-state index in [9.17, 15) is 9.59 Å². The number of ether oxygens (including phenoxy) is 1. The van der Waals surface area contributed by atoms with Crippen LogP contribution in [0.2, 0.25) is 0 Å². The molecule has 0 spiro atoms. The van der Waals surface area contributed by atoms with Gasteiger partial charge in [0, 0.05) is 24.3 Å². The van der Waals surface area contributed by atoms with E-state index in [0.29, 0.717) is 23.5 Å². The Morgan fingerprint density at radius 3 is 2.28 bits per heavy atom. The summed E-state index contributed by atoms with van der Waals surface area (Å²) in [4.78, 5) is 26.6. The van der Waals surface area contributed by atoms with E-state index >= 15 is 0 Å². The predicted octanol–water partition coefficient (Wildman–Crippen LogP) is 3.39. The molecule has 0 unspecified atom stereocenters. The SMILES string of the molecule is CCN(CC)CCNC(=O)c1ccc(NC(=O)COc2ccc(C)c(C)c2)cc1. The van der Waals surface area contributed by atoms with E-state index in [1.807, 2.05) is 32.0 Å². The van der Waals surface area contributed by atoms with Gasteiger partial charge in [-0.05, 0) is 74.5 Å². The van der Waals surface area contributed by atoms with Gasteiger partial charge in [-0.2, -0.15) is 0 Å². The second kappa shape index (κ2) is 11.2. The van der Waals surface area contributed by atoms with Gasteiger partial charge < -0.3 is 20.3 Å². The number of benzene rings is 2. The third kappa shape index (κ3) is 7.23. The second-order valence-electron chi connectivity index (χ2n) is 6.94. The number of rotatable bonds is 10. The highest BCUT2D eigenvalue weighted by Gasteiger charge is 2.08. The molecule has 0 aromatic heterocycles. The topological polar surface area (TPSA) is 70.7 Å². The van der Waals surface area contributed by atoms with Gasteiger partial charge in [0.05, 0.1) is 0 Å². The highest BCUT2D eigenvalue weighted by atomic mass is 16.5. The maximum absolute atomic E-state index is 12.2. The van der Waals surface area contributed by atoms with Crippen LogP contribution in [0.5, 0.6) is 5.75 Å². The van der Waals surface area contributed by atoms with Crippen molar-refractivity contribution in [2.45, 2.75) is 27.7 Å². The molecule has 0 bridgehead atoms. The molecule has 0 aliphatic carbocycles. The van der Waals surface area contributed by atoms with E-state index in [4.69, 9.17) is 4.74 Å². The van der Waals surface area contributed by atoms with Crippen molar-refractivity contribution in [3.63, 3.8) is 0 Å². The van der Waals surface area contributed by atoms with Crippen LogP contribution in [0.4, 0.5) is 5.69 Å². The van der Waals surface area contributed by atoms with Crippen molar-refractivity contribution in [2.24, 2.45) is 0 Å². The normalized spacial score (nSPS) is 10.7. The first-order valence-corrected chi connectivity index (χ1v) is 10.0. The van der Waals surface area contributed by atoms with Gasteiger partial charge >= 0.3 is 0 Å². The van der Waals surface area contributed by atoms with Crippen LogP contribution in [0.25, 0.3) is 0 Å². The van der Waals surface area contributed by atoms with E-state index in [0.717, 1.165) is 25.2 Å². The average Bonchev–Trinajstić information content (AvgIpc) is 2.72. The zero-order valence-corrected chi connectivity index (χ0v) is 17.7. The number of carbonyl (C=O) groups is 2. The molecule has 2 rings (SSSR count). The van der Waals surface area contributed by atoms with E-state index in [2.05, 4.69) is 29.4 Å². The van der Waals surface area contributed by atoms with Crippen LogP contribution in [-0.4, -0.2) is 49.5 Å². The third-order valence-corrected chi connectivity index (χ3v) is 4.89. The lowest BCUT2D eigenvalue weighted by atomic mass is 10.1. The Hall–Kier alpha value is -2.86. The van der Waals surface area contributed by atoms with Gasteiger partial charge in [-0.15, -0.1) is 0 Å². The lowest BCUT2D eigenvalue weighted by Crippen LogP contribution is -2.34. The molecular weight excluding hydrogens is 366 g/mol. The minimum absolute atomic E-state index is 0.0733. The van der Waals surface area contributed by atoms with Gasteiger partial charge in [0.25, 0.3) is 11.8 Å². The van der Waals surface area contributed by atoms with E-state index in [-0.39, 0.29) is 18.4 Å². The number of hydrogen-bond donors (Lipinski definition) is 2. The van der Waals surface area contributed by atoms with Gasteiger partial charge in [-0.1, -0.05) is 19.9 Å². The molecule has 29 heavy (non-hydrogen) atoms. The summed E-state index contributed by atoms with van der Waals surface area (Å²) in [6, 6.07) is 12.6. The van der Waals surface area contributed by atoms with E-state index in [1.165, 1.54) is 5.56 Å². The Morgan fingerprint density at radius 2 is 1.66 bits per heavy atom. The molecule has 156 valence electrons. The summed E-state index contributed by atoms with van der Waals surface area (Å²) in [5, 5.41) is 5.69. The first-order valence-electron chi connectivity index (χ1n) is 10.0. The molecule has 0 aliphatic heterocycles. The molecule has 6 nitrogen and oxygen atoms in total. The standard InChI is InChI=1S/C23H31N3O3/c1-5-26(6-2)14-13-24-23(28)19-8-10-20(11-9-19)25-22(27)16-29-21-12-7-17(3)18(4)15-21/h7-12,15H,5-6,13-14,16H2,1-4H3,(H,24,28)(H,25,27). The second-order valence-corrected chi connectivity index (χ2v) is 6.94. The Morgan fingerprint density at radius 1 is 0.966 bits per heavy atom. The summed E-state index contributed by atoms with van der Waals surface area (Å²) in [7, 11) is 0. The van der Waals surface area contributed by atoms with Gasteiger partial charge in [-0.25, -0.2) is 0 Å². The average molecular weight is 398 g/mol. The summed E-state index contributed by atoms with van der Waals surface area (Å²) >= 11 is 0. The van der Waals surface area contributed by atoms with Crippen molar-refractivity contribution in [3.05, 3.63) is 59.2 Å². The lowest BCUT2D eigenvalue weighted by molar-refractivity contribution is -0.118. The van der Waals surface area contributed by atoms with Crippen LogP contribution in [-0.2, 0) is 4.79 Å². The van der Waals surface area contributed by atoms with Crippen LogP contribution in [0.15, 0.2) is 42.5 Å². The predicted molar refractivity (Wildman–Crippen MR) is 117 cm³/mol. The molecular formula is C23H31N3O3. The Balaban J connectivity index is 1.79. The fourth-order valence-electron chi connectivity index (χ4n) is 2.82. The Labute approximate surface area is 173 Å². The number of nitrogens with zero attached hydrogens (tertiary/aromatic N) is 1. The number of hydrogen-bond acceptors (Lipinski definition) is 4. The van der Waals surface area contributed by atoms with Gasteiger partial charge in [0.2, 0.25) is 0 Å². The molecule has 0 radical (unpaired) electrons. The van der Waals surface area contributed by atoms with Crippen LogP contribution in [0.1, 0.15) is 35.3 Å². The summed E-state index contributed by atoms with van der Waals surface area (Å²) in [6.45, 7) is 11.5. The number of nitrogens with one attached hydrogen (secondary N) is 2. The molecule has 0 aliphatic rings. The Bertz CT molecular complexity index is 815. The molecule has 0 heterocycles. The first kappa shape index (κ1) is 22.4. The van der Waals surface area contributed by atoms with Crippen molar-refractivity contribution in [1.82, 2.24) is 10.2 Å². The largest absolute Gasteiger partial charge is 0.484 e. The maximum Gasteiger partial charge on any atom is 0.262 e. The van der Waals surface area contributed by atoms with Crippen LogP contribution >= 0.6 is 0 Å². The van der Waals surface area contributed by atoms with Crippen molar-refractivity contribution < 1.29 is 14.3 Å². The van der Waals surface area contributed by atoms with Gasteiger partial charge in [-0.3, -0.25) is 9.59 Å². The van der Waals surface area contributed by atoms with Crippen LogP contribution in [0, 0.1) is 13.8 Å². The van der Waals surface area contributed by atoms with Crippen LogP contribution in [0.3, 0.4) is 0 Å². The molecule has 0 saturated heterocycles. The molecule has 6 heteroatoms. The molecule has 2 amide bonds. The Kier molecular flexibility index (Phi) is 8.68. The zero-order valence-electron chi connectivity index (χ0n) is 17.7. The van der Waals surface area contributed by atoms with Gasteiger partial charge in [0.15, 0.2) is 6.61 Å². The maximum atomic E-state index is 12.2. The van der Waals surface area contributed by atoms with Crippen LogP contribution < -0.4 is 15.4 Å².